The molecule has 0 bridgehead atoms. The molecule has 3 saturated heterocycles. The van der Waals surface area contributed by atoms with Gasteiger partial charge in [0.25, 0.3) is 0 Å². The van der Waals surface area contributed by atoms with E-state index in [1.54, 1.807) is 0 Å². The highest BCUT2D eigenvalue weighted by Gasteiger charge is 2.36. The molecule has 0 aliphatic carbocycles. The van der Waals surface area contributed by atoms with Gasteiger partial charge in [-0.25, -0.2) is 0 Å². The molecule has 5 nitrogen and oxygen atoms in total. The number of aromatic amines is 1. The molecule has 3 aliphatic heterocycles. The molecule has 0 spiro atoms. The van der Waals surface area contributed by atoms with E-state index in [-0.39, 0.29) is 0 Å². The normalized spacial score (nSPS) is 30.6. The molecule has 6 heteroatoms. The number of piperidine rings is 1. The number of anilines is 1. The van der Waals surface area contributed by atoms with Crippen LogP contribution in [-0.2, 0) is 6.42 Å². The zero-order chi connectivity index (χ0) is 14.1. The van der Waals surface area contributed by atoms with E-state index >= 15 is 0 Å². The van der Waals surface area contributed by atoms with Crippen molar-refractivity contribution in [3.8, 4) is 0 Å². The Morgan fingerprint density at radius 2 is 2.10 bits per heavy atom. The maximum atomic E-state index is 4.81. The molecule has 2 unspecified atom stereocenters. The quantitative estimate of drug-likeness (QED) is 0.890. The highest BCUT2D eigenvalue weighted by atomic mass is 32.2. The Morgan fingerprint density at radius 3 is 3.00 bits per heavy atom. The van der Waals surface area contributed by atoms with Gasteiger partial charge >= 0.3 is 0 Å². The third-order valence-electron chi connectivity index (χ3n) is 5.28. The van der Waals surface area contributed by atoms with Crippen LogP contribution in [-0.4, -0.2) is 52.4 Å². The smallest absolute Gasteiger partial charge is 0.245 e. The molecule has 0 aromatic carbocycles. The van der Waals surface area contributed by atoms with Crippen LogP contribution in [0.1, 0.15) is 31.5 Å². The minimum absolute atomic E-state index is 0.605. The third kappa shape index (κ3) is 2.93. The summed E-state index contributed by atoms with van der Waals surface area (Å²) in [7, 11) is 0. The van der Waals surface area contributed by atoms with Crippen molar-refractivity contribution in [2.75, 3.05) is 36.0 Å². The van der Waals surface area contributed by atoms with Crippen molar-refractivity contribution in [3.63, 3.8) is 0 Å². The Kier molecular flexibility index (Phi) is 4.07. The highest BCUT2D eigenvalue weighted by molar-refractivity contribution is 7.99. The van der Waals surface area contributed by atoms with Gasteiger partial charge in [0.1, 0.15) is 5.82 Å². The van der Waals surface area contributed by atoms with Crippen molar-refractivity contribution < 1.29 is 0 Å². The van der Waals surface area contributed by atoms with Crippen LogP contribution in [0.3, 0.4) is 0 Å². The van der Waals surface area contributed by atoms with Crippen LogP contribution < -0.4 is 10.2 Å². The summed E-state index contributed by atoms with van der Waals surface area (Å²) in [5, 5.41) is 11.2. The first-order valence-electron chi connectivity index (χ1n) is 8.36. The second-order valence-electron chi connectivity index (χ2n) is 6.66. The monoisotopic (exact) mass is 307 g/mol. The lowest BCUT2D eigenvalue weighted by molar-refractivity contribution is 0.381. The van der Waals surface area contributed by atoms with E-state index in [1.165, 1.54) is 37.2 Å². The number of rotatable bonds is 3. The van der Waals surface area contributed by atoms with Crippen LogP contribution >= 0.6 is 11.8 Å². The molecule has 4 heterocycles. The van der Waals surface area contributed by atoms with Gasteiger partial charge in [0.05, 0.1) is 0 Å². The molecule has 2 atom stereocenters. The van der Waals surface area contributed by atoms with Crippen LogP contribution in [0, 0.1) is 11.8 Å². The van der Waals surface area contributed by atoms with Gasteiger partial charge in [-0.2, -0.15) is 16.7 Å². The van der Waals surface area contributed by atoms with E-state index in [2.05, 4.69) is 32.2 Å². The van der Waals surface area contributed by atoms with Gasteiger partial charge in [0.15, 0.2) is 0 Å². The molecule has 1 aromatic rings. The lowest BCUT2D eigenvalue weighted by Gasteiger charge is -2.36. The molecular formula is C15H25N5S. The fourth-order valence-corrected chi connectivity index (χ4v) is 5.25. The molecule has 116 valence electrons. The molecule has 4 rings (SSSR count). The number of aromatic nitrogens is 3. The second-order valence-corrected chi connectivity index (χ2v) is 7.89. The Morgan fingerprint density at radius 1 is 1.19 bits per heavy atom. The summed E-state index contributed by atoms with van der Waals surface area (Å²) < 4.78 is 0. The Hall–Kier alpha value is -0.750. The zero-order valence-electron chi connectivity index (χ0n) is 12.6. The minimum Gasteiger partial charge on any atom is -0.335 e. The first kappa shape index (κ1) is 13.9. The molecule has 1 aromatic heterocycles. The van der Waals surface area contributed by atoms with Crippen LogP contribution in [0.25, 0.3) is 0 Å². The Balaban J connectivity index is 1.43. The molecule has 0 amide bonds. The summed E-state index contributed by atoms with van der Waals surface area (Å²) in [6, 6.07) is 0.605. The van der Waals surface area contributed by atoms with Gasteiger partial charge in [-0.3, -0.25) is 5.10 Å². The number of nitrogens with zero attached hydrogens (tertiary/aromatic N) is 3. The lowest BCUT2D eigenvalue weighted by atomic mass is 9.92. The average Bonchev–Trinajstić information content (AvgIpc) is 3.16. The van der Waals surface area contributed by atoms with Crippen molar-refractivity contribution in [1.29, 1.82) is 0 Å². The fourth-order valence-electron chi connectivity index (χ4n) is 4.05. The van der Waals surface area contributed by atoms with E-state index in [9.17, 15) is 0 Å². The first-order valence-corrected chi connectivity index (χ1v) is 9.52. The van der Waals surface area contributed by atoms with Crippen molar-refractivity contribution in [3.05, 3.63) is 5.82 Å². The van der Waals surface area contributed by atoms with E-state index in [1.807, 2.05) is 0 Å². The lowest BCUT2D eigenvalue weighted by Crippen LogP contribution is -2.45. The van der Waals surface area contributed by atoms with Crippen LogP contribution in [0.2, 0.25) is 0 Å². The maximum Gasteiger partial charge on any atom is 0.245 e. The van der Waals surface area contributed by atoms with Gasteiger partial charge in [0.2, 0.25) is 5.95 Å². The summed E-state index contributed by atoms with van der Waals surface area (Å²) >= 11 is 2.09. The number of hydrogen-bond acceptors (Lipinski definition) is 5. The van der Waals surface area contributed by atoms with E-state index in [4.69, 9.17) is 4.98 Å². The summed E-state index contributed by atoms with van der Waals surface area (Å²) in [4.78, 5) is 7.25. The van der Waals surface area contributed by atoms with Crippen molar-refractivity contribution in [1.82, 2.24) is 20.5 Å². The SMILES string of the molecule is C1CC2CNCC2N(c2n[nH]c(CC3CCSCC3)n2)C1. The number of thioether (sulfide) groups is 1. The van der Waals surface area contributed by atoms with E-state index in [0.717, 1.165) is 49.7 Å². The molecule has 3 aliphatic rings. The highest BCUT2D eigenvalue weighted by Crippen LogP contribution is 2.30. The largest absolute Gasteiger partial charge is 0.335 e. The number of fused-ring (bicyclic) bond motifs is 1. The van der Waals surface area contributed by atoms with Gasteiger partial charge < -0.3 is 10.2 Å². The van der Waals surface area contributed by atoms with E-state index < -0.39 is 0 Å². The van der Waals surface area contributed by atoms with Crippen LogP contribution in [0.5, 0.6) is 0 Å². The Labute approximate surface area is 130 Å². The molecule has 2 N–H and O–H groups in total. The predicted molar refractivity (Wildman–Crippen MR) is 86.9 cm³/mol. The summed E-state index contributed by atoms with van der Waals surface area (Å²) in [5.74, 6) is 6.24. The summed E-state index contributed by atoms with van der Waals surface area (Å²) in [6.45, 7) is 3.37. The van der Waals surface area contributed by atoms with Gasteiger partial charge in [0, 0.05) is 32.1 Å². The van der Waals surface area contributed by atoms with Gasteiger partial charge in [-0.1, -0.05) is 0 Å². The fraction of sp³-hybridized carbons (Fsp3) is 0.867. The van der Waals surface area contributed by atoms with Gasteiger partial charge in [-0.15, -0.1) is 5.10 Å². The maximum absolute atomic E-state index is 4.81. The van der Waals surface area contributed by atoms with Crippen LogP contribution in [0.4, 0.5) is 5.95 Å². The second kappa shape index (κ2) is 6.16. The zero-order valence-corrected chi connectivity index (χ0v) is 13.4. The van der Waals surface area contributed by atoms with Crippen molar-refractivity contribution in [2.24, 2.45) is 11.8 Å². The number of H-pyrrole nitrogens is 1. The molecule has 3 fully saturated rings. The van der Waals surface area contributed by atoms with Crippen molar-refractivity contribution >= 4 is 17.7 Å². The standard InChI is InChI=1S/C15H25N5S/c1-2-12-9-16-10-13(12)20(5-1)15-17-14(18-19-15)8-11-3-6-21-7-4-11/h11-13,16H,1-10H2,(H,17,18,19). The topological polar surface area (TPSA) is 56.8 Å². The predicted octanol–water partition coefficient (Wildman–Crippen LogP) is 1.68. The molecule has 0 radical (unpaired) electrons. The number of nitrogens with one attached hydrogen (secondary N) is 2. The molecule has 21 heavy (non-hydrogen) atoms. The first-order chi connectivity index (χ1) is 10.4. The minimum atomic E-state index is 0.605. The van der Waals surface area contributed by atoms with Crippen LogP contribution in [0.15, 0.2) is 0 Å². The van der Waals surface area contributed by atoms with Gasteiger partial charge in [-0.05, 0) is 49.0 Å². The van der Waals surface area contributed by atoms with E-state index in [0.29, 0.717) is 6.04 Å². The Bertz CT molecular complexity index is 470. The molecular weight excluding hydrogens is 282 g/mol. The number of hydrogen-bond donors (Lipinski definition) is 2. The summed E-state index contributed by atoms with van der Waals surface area (Å²) in [5.41, 5.74) is 0. The van der Waals surface area contributed by atoms with Crippen molar-refractivity contribution in [2.45, 2.75) is 38.1 Å². The summed E-state index contributed by atoms with van der Waals surface area (Å²) in [6.07, 6.45) is 6.36. The average molecular weight is 307 g/mol. The third-order valence-corrected chi connectivity index (χ3v) is 6.33. The molecule has 0 saturated carbocycles.